The van der Waals surface area contributed by atoms with E-state index in [4.69, 9.17) is 16.1 Å². The topological polar surface area (TPSA) is 58.4 Å². The van der Waals surface area contributed by atoms with Crippen molar-refractivity contribution < 1.29 is 13.7 Å². The Morgan fingerprint density at radius 3 is 2.83 bits per heavy atom. The summed E-state index contributed by atoms with van der Waals surface area (Å²) in [5, 5.41) is 6.87. The minimum absolute atomic E-state index is 0.0598. The molecule has 1 spiro atoms. The Balaban J connectivity index is 1.17. The number of carbonyl (C=O) groups excluding carboxylic acids is 1. The SMILES string of the molecule is Cc1onc(C/C(F)=C\C/C=C\CCl)c1C(=O)NCCCCN1CCC2(CCc3ccccc32)CC1. The molecule has 4 rings (SSSR count). The first-order valence-corrected chi connectivity index (χ1v) is 13.7. The van der Waals surface area contributed by atoms with E-state index < -0.39 is 0 Å². The molecular weight excluding hydrogens is 477 g/mol. The number of aryl methyl sites for hydroxylation is 2. The van der Waals surface area contributed by atoms with E-state index in [0.717, 1.165) is 32.5 Å². The first-order chi connectivity index (χ1) is 17.5. The number of fused-ring (bicyclic) bond motifs is 2. The molecule has 0 bridgehead atoms. The maximum absolute atomic E-state index is 14.2. The smallest absolute Gasteiger partial charge is 0.256 e. The average molecular weight is 514 g/mol. The molecule has 5 nitrogen and oxygen atoms in total. The molecule has 1 aliphatic carbocycles. The lowest BCUT2D eigenvalue weighted by molar-refractivity contribution is 0.0949. The zero-order chi connectivity index (χ0) is 25.4. The van der Waals surface area contributed by atoms with Gasteiger partial charge in [0, 0.05) is 18.8 Å². The number of hydrogen-bond donors (Lipinski definition) is 1. The van der Waals surface area contributed by atoms with E-state index in [1.807, 2.05) is 0 Å². The third-order valence-corrected chi connectivity index (χ3v) is 7.87. The molecule has 0 radical (unpaired) electrons. The summed E-state index contributed by atoms with van der Waals surface area (Å²) in [4.78, 5) is 15.3. The number of nitrogens with one attached hydrogen (secondary N) is 1. The molecule has 2 heterocycles. The molecule has 2 aromatic rings. The van der Waals surface area contributed by atoms with Gasteiger partial charge in [-0.25, -0.2) is 4.39 Å². The van der Waals surface area contributed by atoms with Crippen molar-refractivity contribution in [3.63, 3.8) is 0 Å². The highest BCUT2D eigenvalue weighted by Gasteiger charge is 2.40. The van der Waals surface area contributed by atoms with Crippen molar-refractivity contribution in [2.24, 2.45) is 0 Å². The maximum Gasteiger partial charge on any atom is 0.256 e. The van der Waals surface area contributed by atoms with Crippen LogP contribution in [-0.4, -0.2) is 48.0 Å². The van der Waals surface area contributed by atoms with Gasteiger partial charge in [0.1, 0.15) is 22.8 Å². The molecule has 1 amide bonds. The number of carbonyl (C=O) groups is 1. The summed E-state index contributed by atoms with van der Waals surface area (Å²) in [7, 11) is 0. The van der Waals surface area contributed by atoms with E-state index in [1.165, 1.54) is 31.8 Å². The van der Waals surface area contributed by atoms with Gasteiger partial charge in [0.05, 0.1) is 0 Å². The van der Waals surface area contributed by atoms with Crippen LogP contribution in [0.15, 0.2) is 52.8 Å². The highest BCUT2D eigenvalue weighted by molar-refractivity contribution is 6.18. The molecule has 0 unspecified atom stereocenters. The Bertz CT molecular complexity index is 1090. The van der Waals surface area contributed by atoms with Gasteiger partial charge in [0.2, 0.25) is 0 Å². The van der Waals surface area contributed by atoms with Gasteiger partial charge in [-0.05, 0) is 94.1 Å². The molecule has 7 heteroatoms. The highest BCUT2D eigenvalue weighted by Crippen LogP contribution is 2.46. The number of allylic oxidation sites excluding steroid dienone is 4. The van der Waals surface area contributed by atoms with E-state index in [2.05, 4.69) is 39.6 Å². The number of aromatic nitrogens is 1. The maximum atomic E-state index is 14.2. The van der Waals surface area contributed by atoms with Crippen LogP contribution in [-0.2, 0) is 18.3 Å². The predicted octanol–water partition coefficient (Wildman–Crippen LogP) is 6.05. The van der Waals surface area contributed by atoms with Gasteiger partial charge in [-0.3, -0.25) is 4.79 Å². The summed E-state index contributed by atoms with van der Waals surface area (Å²) in [6.45, 7) is 5.60. The minimum Gasteiger partial charge on any atom is -0.361 e. The number of amides is 1. The van der Waals surface area contributed by atoms with Crippen molar-refractivity contribution in [1.82, 2.24) is 15.4 Å². The minimum atomic E-state index is -0.346. The number of piperidine rings is 1. The average Bonchev–Trinajstić information content (AvgIpc) is 3.43. The summed E-state index contributed by atoms with van der Waals surface area (Å²) in [6, 6.07) is 8.99. The molecule has 1 saturated heterocycles. The lowest BCUT2D eigenvalue weighted by atomic mass is 9.74. The number of alkyl halides is 1. The number of halogens is 2. The van der Waals surface area contributed by atoms with Crippen molar-refractivity contribution in [3.8, 4) is 0 Å². The van der Waals surface area contributed by atoms with E-state index in [1.54, 1.807) is 30.2 Å². The molecule has 1 aromatic heterocycles. The van der Waals surface area contributed by atoms with Gasteiger partial charge in [0.15, 0.2) is 0 Å². The summed E-state index contributed by atoms with van der Waals surface area (Å²) in [5.74, 6) is 0.211. The normalized spacial score (nSPS) is 17.7. The Hall–Kier alpha value is -2.44. The lowest BCUT2D eigenvalue weighted by Gasteiger charge is -2.40. The third-order valence-electron chi connectivity index (χ3n) is 7.69. The molecule has 194 valence electrons. The van der Waals surface area contributed by atoms with Gasteiger partial charge < -0.3 is 14.7 Å². The Morgan fingerprint density at radius 1 is 1.22 bits per heavy atom. The highest BCUT2D eigenvalue weighted by atomic mass is 35.5. The van der Waals surface area contributed by atoms with Crippen LogP contribution >= 0.6 is 11.6 Å². The summed E-state index contributed by atoms with van der Waals surface area (Å²) in [6.07, 6.45) is 12.3. The molecule has 36 heavy (non-hydrogen) atoms. The fourth-order valence-electron chi connectivity index (χ4n) is 5.66. The van der Waals surface area contributed by atoms with Gasteiger partial charge in [-0.2, -0.15) is 0 Å². The van der Waals surface area contributed by atoms with Crippen LogP contribution in [0.4, 0.5) is 4.39 Å². The molecule has 1 aromatic carbocycles. The van der Waals surface area contributed by atoms with Gasteiger partial charge >= 0.3 is 0 Å². The molecular formula is C29H37ClFN3O2. The van der Waals surface area contributed by atoms with Crippen LogP contribution < -0.4 is 5.32 Å². The molecule has 1 N–H and O–H groups in total. The van der Waals surface area contributed by atoms with E-state index in [-0.39, 0.29) is 18.2 Å². The fraction of sp³-hybridized carbons (Fsp3) is 0.517. The van der Waals surface area contributed by atoms with Gasteiger partial charge in [0.25, 0.3) is 5.91 Å². The molecule has 2 aliphatic rings. The predicted molar refractivity (Wildman–Crippen MR) is 142 cm³/mol. The number of rotatable bonds is 11. The summed E-state index contributed by atoms with van der Waals surface area (Å²) < 4.78 is 19.4. The van der Waals surface area contributed by atoms with Crippen molar-refractivity contribution in [3.05, 3.63) is 76.5 Å². The van der Waals surface area contributed by atoms with Crippen LogP contribution in [0, 0.1) is 6.92 Å². The van der Waals surface area contributed by atoms with E-state index >= 15 is 0 Å². The quantitative estimate of drug-likeness (QED) is 0.225. The van der Waals surface area contributed by atoms with Gasteiger partial charge in [-0.15, -0.1) is 11.6 Å². The zero-order valence-corrected chi connectivity index (χ0v) is 22.0. The Labute approximate surface area is 218 Å². The Morgan fingerprint density at radius 2 is 2.03 bits per heavy atom. The van der Waals surface area contributed by atoms with Crippen LogP contribution in [0.5, 0.6) is 0 Å². The number of hydrogen-bond acceptors (Lipinski definition) is 4. The largest absolute Gasteiger partial charge is 0.361 e. The second kappa shape index (κ2) is 12.7. The second-order valence-electron chi connectivity index (χ2n) is 9.99. The molecule has 1 aliphatic heterocycles. The van der Waals surface area contributed by atoms with Crippen molar-refractivity contribution in [2.75, 3.05) is 32.1 Å². The van der Waals surface area contributed by atoms with Crippen LogP contribution in [0.25, 0.3) is 0 Å². The number of nitrogens with zero attached hydrogens (tertiary/aromatic N) is 2. The monoisotopic (exact) mass is 513 g/mol. The van der Waals surface area contributed by atoms with E-state index in [0.29, 0.717) is 41.3 Å². The number of likely N-dealkylation sites (tertiary alicyclic amines) is 1. The zero-order valence-electron chi connectivity index (χ0n) is 21.2. The van der Waals surface area contributed by atoms with Gasteiger partial charge in [-0.1, -0.05) is 41.6 Å². The summed E-state index contributed by atoms with van der Waals surface area (Å²) in [5.41, 5.74) is 4.20. The van der Waals surface area contributed by atoms with Crippen LogP contribution in [0.2, 0.25) is 0 Å². The number of benzene rings is 1. The first kappa shape index (κ1) is 26.6. The molecule has 1 fully saturated rings. The van der Waals surface area contributed by atoms with Crippen molar-refractivity contribution >= 4 is 17.5 Å². The van der Waals surface area contributed by atoms with Crippen molar-refractivity contribution in [2.45, 2.75) is 63.7 Å². The standard InChI is InChI=1S/C29H37ClFN3O2/c1-22-27(26(33-36-22)21-24(31)10-3-2-6-16-30)28(35)32-17-7-8-18-34-19-14-29(15-20-34)13-12-23-9-4-5-11-25(23)29/h2,4-6,9-11H,3,7-8,12-21H2,1H3,(H,32,35)/b6-2-,24-10+. The second-order valence-corrected chi connectivity index (χ2v) is 10.3. The fourth-order valence-corrected chi connectivity index (χ4v) is 5.78. The van der Waals surface area contributed by atoms with Crippen LogP contribution in [0.1, 0.15) is 71.5 Å². The van der Waals surface area contributed by atoms with E-state index in [9.17, 15) is 9.18 Å². The molecule has 0 saturated carbocycles. The number of unbranched alkanes of at least 4 members (excludes halogenated alkanes) is 1. The third kappa shape index (κ3) is 6.46. The molecule has 0 atom stereocenters. The lowest BCUT2D eigenvalue weighted by Crippen LogP contribution is -2.42. The first-order valence-electron chi connectivity index (χ1n) is 13.1. The van der Waals surface area contributed by atoms with Crippen molar-refractivity contribution in [1.29, 1.82) is 0 Å². The van der Waals surface area contributed by atoms with Crippen LogP contribution in [0.3, 0.4) is 0 Å². The Kier molecular flexibility index (Phi) is 9.38. The summed E-state index contributed by atoms with van der Waals surface area (Å²) >= 11 is 5.57.